The summed E-state index contributed by atoms with van der Waals surface area (Å²) in [6.45, 7) is 0. The SMILES string of the molecule is O[Si](O)(O)OF.[Si]. The summed E-state index contributed by atoms with van der Waals surface area (Å²) in [6.07, 6.45) is 0. The Morgan fingerprint density at radius 1 is 1.29 bits per heavy atom. The van der Waals surface area contributed by atoms with Crippen molar-refractivity contribution in [1.29, 1.82) is 0 Å². The van der Waals surface area contributed by atoms with Crippen molar-refractivity contribution in [2.75, 3.05) is 0 Å². The van der Waals surface area contributed by atoms with Crippen LogP contribution in [0.3, 0.4) is 0 Å². The number of halogens is 1. The highest BCUT2D eigenvalue weighted by Crippen LogP contribution is 1.85. The Labute approximate surface area is 44.6 Å². The zero-order valence-electron chi connectivity index (χ0n) is 3.13. The summed E-state index contributed by atoms with van der Waals surface area (Å²) < 4.78 is 12.6. The summed E-state index contributed by atoms with van der Waals surface area (Å²) in [5.41, 5.74) is 0. The first-order valence-electron chi connectivity index (χ1n) is 1.03. The van der Waals surface area contributed by atoms with E-state index in [-0.39, 0.29) is 11.0 Å². The molecule has 0 saturated carbocycles. The fourth-order valence-corrected chi connectivity index (χ4v) is 0. The van der Waals surface area contributed by atoms with Crippen LogP contribution in [-0.4, -0.2) is 34.4 Å². The van der Waals surface area contributed by atoms with Gasteiger partial charge in [0.05, 0.1) is 0 Å². The van der Waals surface area contributed by atoms with E-state index in [0.29, 0.717) is 0 Å². The third kappa shape index (κ3) is 10.7. The van der Waals surface area contributed by atoms with Crippen LogP contribution in [0.2, 0.25) is 0 Å². The van der Waals surface area contributed by atoms with Crippen molar-refractivity contribution in [3.8, 4) is 0 Å². The van der Waals surface area contributed by atoms with Gasteiger partial charge >= 0.3 is 9.05 Å². The topological polar surface area (TPSA) is 69.9 Å². The van der Waals surface area contributed by atoms with Gasteiger partial charge in [-0.2, -0.15) is 4.63 Å². The first kappa shape index (κ1) is 10.2. The molecule has 0 rings (SSSR count). The van der Waals surface area contributed by atoms with E-state index >= 15 is 0 Å². The predicted octanol–water partition coefficient (Wildman–Crippen LogP) is -2.08. The van der Waals surface area contributed by atoms with Crippen LogP contribution in [0, 0.1) is 0 Å². The molecular formula is H3FO4Si2. The lowest BCUT2D eigenvalue weighted by atomic mass is 15.5. The zero-order chi connectivity index (χ0) is 5.21. The molecular weight excluding hydrogens is 139 g/mol. The van der Waals surface area contributed by atoms with E-state index in [1.165, 1.54) is 0 Å². The van der Waals surface area contributed by atoms with Gasteiger partial charge < -0.3 is 14.4 Å². The molecule has 0 aromatic heterocycles. The van der Waals surface area contributed by atoms with Gasteiger partial charge in [0.25, 0.3) is 0 Å². The summed E-state index contributed by atoms with van der Waals surface area (Å²) in [7, 11) is -4.80. The Morgan fingerprint density at radius 2 is 1.43 bits per heavy atom. The normalized spacial score (nSPS) is 10.3. The van der Waals surface area contributed by atoms with E-state index < -0.39 is 9.05 Å². The summed E-state index contributed by atoms with van der Waals surface area (Å²) in [6, 6.07) is 0. The molecule has 0 spiro atoms. The Morgan fingerprint density at radius 3 is 1.43 bits per heavy atom. The molecule has 0 saturated heterocycles. The highest BCUT2D eigenvalue weighted by molar-refractivity contribution is 6.48. The van der Waals surface area contributed by atoms with Crippen molar-refractivity contribution in [2.24, 2.45) is 0 Å². The van der Waals surface area contributed by atoms with Crippen molar-refractivity contribution < 1.29 is 23.5 Å². The Kier molecular flexibility index (Phi) is 4.73. The average molecular weight is 142 g/mol. The number of hydrogen-bond donors (Lipinski definition) is 3. The van der Waals surface area contributed by atoms with E-state index in [4.69, 9.17) is 14.4 Å². The van der Waals surface area contributed by atoms with Crippen molar-refractivity contribution in [1.82, 2.24) is 0 Å². The van der Waals surface area contributed by atoms with Crippen molar-refractivity contribution in [2.45, 2.75) is 0 Å². The predicted molar refractivity (Wildman–Crippen MR) is 20.4 cm³/mol. The van der Waals surface area contributed by atoms with Crippen LogP contribution in [0.15, 0.2) is 0 Å². The van der Waals surface area contributed by atoms with E-state index in [0.717, 1.165) is 0 Å². The van der Waals surface area contributed by atoms with E-state index in [2.05, 4.69) is 4.63 Å². The molecule has 42 valence electrons. The molecule has 0 amide bonds. The lowest BCUT2D eigenvalue weighted by Crippen LogP contribution is -2.35. The molecule has 4 nitrogen and oxygen atoms in total. The molecule has 0 aliphatic rings. The Bertz CT molecular complexity index is 39.4. The molecule has 0 aromatic rings. The molecule has 3 N–H and O–H groups in total. The molecule has 7 heavy (non-hydrogen) atoms. The maximum Gasteiger partial charge on any atom is 0.703 e. The third-order valence-electron chi connectivity index (χ3n) is 0.104. The van der Waals surface area contributed by atoms with Crippen LogP contribution >= 0.6 is 0 Å². The summed E-state index contributed by atoms with van der Waals surface area (Å²) in [5, 5.41) is 0. The average Bonchev–Trinajstić information content (AvgIpc) is 1.35. The summed E-state index contributed by atoms with van der Waals surface area (Å²) in [5.74, 6) is 0. The first-order valence-corrected chi connectivity index (χ1v) is 2.78. The fourth-order valence-electron chi connectivity index (χ4n) is 0. The molecule has 0 bridgehead atoms. The molecule has 7 heteroatoms. The van der Waals surface area contributed by atoms with Crippen LogP contribution in [-0.2, 0) is 4.63 Å². The highest BCUT2D eigenvalue weighted by Gasteiger charge is 2.31. The number of hydrogen-bond acceptors (Lipinski definition) is 4. The van der Waals surface area contributed by atoms with Gasteiger partial charge in [-0.25, -0.2) is 0 Å². The van der Waals surface area contributed by atoms with Crippen LogP contribution < -0.4 is 0 Å². The van der Waals surface area contributed by atoms with Crippen LogP contribution in [0.25, 0.3) is 0 Å². The maximum absolute atomic E-state index is 10.3. The summed E-state index contributed by atoms with van der Waals surface area (Å²) >= 11 is 0. The first-order chi connectivity index (χ1) is 2.56. The van der Waals surface area contributed by atoms with E-state index in [1.54, 1.807) is 0 Å². The van der Waals surface area contributed by atoms with Gasteiger partial charge in [0.1, 0.15) is 0 Å². The monoisotopic (exact) mass is 142 g/mol. The minimum Gasteiger partial charge on any atom is -0.366 e. The second-order valence-electron chi connectivity index (χ2n) is 0.651. The second-order valence-corrected chi connectivity index (χ2v) is 1.95. The van der Waals surface area contributed by atoms with Gasteiger partial charge in [-0.1, -0.05) is 4.53 Å². The van der Waals surface area contributed by atoms with Gasteiger partial charge in [0, 0.05) is 11.0 Å². The zero-order valence-corrected chi connectivity index (χ0v) is 5.13. The van der Waals surface area contributed by atoms with Gasteiger partial charge in [0.15, 0.2) is 0 Å². The smallest absolute Gasteiger partial charge is 0.366 e. The van der Waals surface area contributed by atoms with Gasteiger partial charge in [-0.05, 0) is 0 Å². The molecule has 0 heterocycles. The minimum atomic E-state index is -4.80. The van der Waals surface area contributed by atoms with E-state index in [9.17, 15) is 4.53 Å². The molecule has 0 unspecified atom stereocenters. The van der Waals surface area contributed by atoms with Crippen molar-refractivity contribution in [3.05, 3.63) is 0 Å². The number of rotatable bonds is 1. The Balaban J connectivity index is 0. The van der Waals surface area contributed by atoms with Crippen LogP contribution in [0.5, 0.6) is 0 Å². The minimum absolute atomic E-state index is 0. The molecule has 4 radical (unpaired) electrons. The molecule has 0 atom stereocenters. The molecule has 0 aliphatic heterocycles. The van der Waals surface area contributed by atoms with Crippen LogP contribution in [0.4, 0.5) is 4.53 Å². The Hall–Kier alpha value is 0.204. The standard InChI is InChI=1S/FH3O4Si.Si/c1-5-6(2,3)4;/h2-4H;. The highest BCUT2D eigenvalue weighted by atomic mass is 28.4. The van der Waals surface area contributed by atoms with Gasteiger partial charge in [-0.3, -0.25) is 0 Å². The lowest BCUT2D eigenvalue weighted by molar-refractivity contribution is -0.111. The van der Waals surface area contributed by atoms with E-state index in [1.807, 2.05) is 0 Å². The second kappa shape index (κ2) is 3.24. The van der Waals surface area contributed by atoms with Crippen molar-refractivity contribution >= 4 is 20.0 Å². The van der Waals surface area contributed by atoms with Crippen LogP contribution in [0.1, 0.15) is 0 Å². The quantitative estimate of drug-likeness (QED) is 0.367. The molecule has 0 fully saturated rings. The third-order valence-corrected chi connectivity index (χ3v) is 0.311. The largest absolute Gasteiger partial charge is 0.703 e. The maximum atomic E-state index is 10.3. The van der Waals surface area contributed by atoms with Gasteiger partial charge in [0.2, 0.25) is 0 Å². The van der Waals surface area contributed by atoms with Crippen molar-refractivity contribution in [3.63, 3.8) is 0 Å². The van der Waals surface area contributed by atoms with Gasteiger partial charge in [-0.15, -0.1) is 0 Å². The lowest BCUT2D eigenvalue weighted by Gasteiger charge is -1.96. The molecule has 0 aromatic carbocycles. The fraction of sp³-hybridized carbons (Fsp3) is 0. The molecule has 0 aliphatic carbocycles. The summed E-state index contributed by atoms with van der Waals surface area (Å²) in [4.78, 5) is 22.4.